The fraction of sp³-hybridized carbons (Fsp3) is 0.357. The number of hydrogen-bond donors (Lipinski definition) is 0. The Morgan fingerprint density at radius 1 is 1.32 bits per heavy atom. The molecule has 0 radical (unpaired) electrons. The van der Waals surface area contributed by atoms with E-state index in [1.165, 1.54) is 10.4 Å². The molecule has 0 aliphatic carbocycles. The topological polar surface area (TPSA) is 12.9 Å². The first-order chi connectivity index (χ1) is 9.09. The zero-order valence-corrected chi connectivity index (χ0v) is 15.2. The van der Waals surface area contributed by atoms with Crippen LogP contribution in [0.4, 0.5) is 0 Å². The van der Waals surface area contributed by atoms with Gasteiger partial charge in [-0.05, 0) is 31.0 Å². The molecule has 0 aliphatic heterocycles. The molecule has 102 valence electrons. The van der Waals surface area contributed by atoms with Gasteiger partial charge in [-0.3, -0.25) is 0 Å². The van der Waals surface area contributed by atoms with Crippen molar-refractivity contribution in [3.8, 4) is 0 Å². The van der Waals surface area contributed by atoms with E-state index in [0.717, 1.165) is 27.1 Å². The van der Waals surface area contributed by atoms with E-state index in [2.05, 4.69) is 49.0 Å². The molecule has 0 atom stereocenters. The van der Waals surface area contributed by atoms with Crippen molar-refractivity contribution in [3.05, 3.63) is 50.9 Å². The number of halogens is 3. The van der Waals surface area contributed by atoms with Crippen molar-refractivity contribution in [1.82, 2.24) is 4.98 Å². The van der Waals surface area contributed by atoms with E-state index in [9.17, 15) is 0 Å². The summed E-state index contributed by atoms with van der Waals surface area (Å²) in [5, 5.41) is 3.65. The quantitative estimate of drug-likeness (QED) is 0.589. The average molecular weight is 424 g/mol. The largest absolute Gasteiger partial charge is 0.250 e. The van der Waals surface area contributed by atoms with Crippen molar-refractivity contribution in [2.75, 3.05) is 10.7 Å². The van der Waals surface area contributed by atoms with Crippen LogP contribution < -0.4 is 0 Å². The van der Waals surface area contributed by atoms with Gasteiger partial charge in [0.05, 0.1) is 5.01 Å². The first-order valence-electron chi connectivity index (χ1n) is 5.89. The maximum atomic E-state index is 6.13. The lowest BCUT2D eigenvalue weighted by Gasteiger charge is -2.30. The summed E-state index contributed by atoms with van der Waals surface area (Å²) in [6.07, 6.45) is 2.93. The molecule has 2 aromatic rings. The molecule has 0 saturated carbocycles. The lowest BCUT2D eigenvalue weighted by Crippen LogP contribution is -2.32. The van der Waals surface area contributed by atoms with Crippen LogP contribution in [0.5, 0.6) is 0 Å². The number of rotatable bonds is 5. The summed E-state index contributed by atoms with van der Waals surface area (Å²) in [5.41, 5.74) is 1.25. The summed E-state index contributed by atoms with van der Waals surface area (Å²) in [4.78, 5) is 5.64. The fourth-order valence-electron chi connectivity index (χ4n) is 2.03. The van der Waals surface area contributed by atoms with E-state index in [-0.39, 0.29) is 5.41 Å². The maximum Gasteiger partial charge on any atom is 0.0896 e. The van der Waals surface area contributed by atoms with E-state index in [4.69, 9.17) is 11.6 Å². The SMILES string of the molecule is Cc1ncc(CC(CBr)(CBr)c2cccc(Cl)c2)s1. The van der Waals surface area contributed by atoms with Gasteiger partial charge in [-0.1, -0.05) is 55.6 Å². The van der Waals surface area contributed by atoms with Crippen LogP contribution in [-0.4, -0.2) is 15.6 Å². The average Bonchev–Trinajstić information content (AvgIpc) is 2.81. The minimum Gasteiger partial charge on any atom is -0.250 e. The molecule has 0 fully saturated rings. The molecule has 2 rings (SSSR count). The summed E-state index contributed by atoms with van der Waals surface area (Å²) in [7, 11) is 0. The van der Waals surface area contributed by atoms with Crippen molar-refractivity contribution >= 4 is 54.8 Å². The van der Waals surface area contributed by atoms with Gasteiger partial charge in [-0.2, -0.15) is 0 Å². The lowest BCUT2D eigenvalue weighted by atomic mass is 9.81. The molecule has 1 heterocycles. The van der Waals surface area contributed by atoms with Gasteiger partial charge in [0, 0.05) is 32.2 Å². The minimum atomic E-state index is 0.00384. The fourth-order valence-corrected chi connectivity index (χ4v) is 5.13. The van der Waals surface area contributed by atoms with Gasteiger partial charge in [0.2, 0.25) is 0 Å². The van der Waals surface area contributed by atoms with Crippen LogP contribution in [0.1, 0.15) is 15.4 Å². The summed E-state index contributed by atoms with van der Waals surface area (Å²) >= 11 is 15.2. The van der Waals surface area contributed by atoms with Crippen molar-refractivity contribution in [2.24, 2.45) is 0 Å². The third kappa shape index (κ3) is 3.60. The summed E-state index contributed by atoms with van der Waals surface area (Å²) < 4.78 is 0. The van der Waals surface area contributed by atoms with Crippen LogP contribution in [0, 0.1) is 6.92 Å². The number of aryl methyl sites for hydroxylation is 1. The van der Waals surface area contributed by atoms with Gasteiger partial charge in [-0.15, -0.1) is 11.3 Å². The molecule has 0 N–H and O–H groups in total. The lowest BCUT2D eigenvalue weighted by molar-refractivity contribution is 0.555. The van der Waals surface area contributed by atoms with Crippen molar-refractivity contribution < 1.29 is 0 Å². The number of hydrogen-bond acceptors (Lipinski definition) is 2. The van der Waals surface area contributed by atoms with Crippen molar-refractivity contribution in [1.29, 1.82) is 0 Å². The molecule has 0 saturated heterocycles. The maximum absolute atomic E-state index is 6.13. The molecular formula is C14H14Br2ClNS. The highest BCUT2D eigenvalue weighted by atomic mass is 79.9. The molecule has 5 heteroatoms. The van der Waals surface area contributed by atoms with Crippen LogP contribution in [0.3, 0.4) is 0 Å². The van der Waals surface area contributed by atoms with E-state index >= 15 is 0 Å². The van der Waals surface area contributed by atoms with Crippen LogP contribution in [0.25, 0.3) is 0 Å². The number of benzene rings is 1. The second kappa shape index (κ2) is 6.70. The highest BCUT2D eigenvalue weighted by Gasteiger charge is 2.31. The summed E-state index contributed by atoms with van der Waals surface area (Å²) in [6, 6.07) is 8.12. The van der Waals surface area contributed by atoms with E-state index in [0.29, 0.717) is 0 Å². The van der Waals surface area contributed by atoms with E-state index in [1.807, 2.05) is 25.3 Å². The van der Waals surface area contributed by atoms with Crippen LogP contribution in [0.15, 0.2) is 30.5 Å². The Kier molecular flexibility index (Phi) is 5.46. The minimum absolute atomic E-state index is 0.00384. The number of nitrogens with zero attached hydrogens (tertiary/aromatic N) is 1. The monoisotopic (exact) mass is 421 g/mol. The van der Waals surface area contributed by atoms with Crippen LogP contribution >= 0.6 is 54.8 Å². The van der Waals surface area contributed by atoms with Gasteiger partial charge in [0.1, 0.15) is 0 Å². The molecule has 0 spiro atoms. The Morgan fingerprint density at radius 2 is 2.05 bits per heavy atom. The first-order valence-corrected chi connectivity index (χ1v) is 9.33. The Labute approximate surface area is 139 Å². The second-order valence-corrected chi connectivity index (χ2v) is 7.46. The highest BCUT2D eigenvalue weighted by molar-refractivity contribution is 9.09. The summed E-state index contributed by atoms with van der Waals surface area (Å²) in [6.45, 7) is 2.04. The molecule has 0 bridgehead atoms. The van der Waals surface area contributed by atoms with Gasteiger partial charge >= 0.3 is 0 Å². The van der Waals surface area contributed by atoms with Gasteiger partial charge < -0.3 is 0 Å². The predicted molar refractivity (Wildman–Crippen MR) is 91.3 cm³/mol. The van der Waals surface area contributed by atoms with Crippen molar-refractivity contribution in [3.63, 3.8) is 0 Å². The van der Waals surface area contributed by atoms with Crippen LogP contribution in [-0.2, 0) is 11.8 Å². The zero-order valence-electron chi connectivity index (χ0n) is 10.5. The normalized spacial score (nSPS) is 11.8. The van der Waals surface area contributed by atoms with Crippen LogP contribution in [0.2, 0.25) is 5.02 Å². The Hall–Kier alpha value is 0.1000. The molecule has 0 unspecified atom stereocenters. The smallest absolute Gasteiger partial charge is 0.0896 e. The number of thiazole rings is 1. The molecule has 1 nitrogen and oxygen atoms in total. The van der Waals surface area contributed by atoms with Gasteiger partial charge in [0.25, 0.3) is 0 Å². The number of aromatic nitrogens is 1. The van der Waals surface area contributed by atoms with E-state index < -0.39 is 0 Å². The summed E-state index contributed by atoms with van der Waals surface area (Å²) in [5.74, 6) is 0. The third-order valence-electron chi connectivity index (χ3n) is 3.13. The Bertz CT molecular complexity index is 552. The molecule has 19 heavy (non-hydrogen) atoms. The highest BCUT2D eigenvalue weighted by Crippen LogP contribution is 2.35. The Morgan fingerprint density at radius 3 is 2.58 bits per heavy atom. The van der Waals surface area contributed by atoms with Gasteiger partial charge in [-0.25, -0.2) is 4.98 Å². The van der Waals surface area contributed by atoms with Gasteiger partial charge in [0.15, 0.2) is 0 Å². The molecule has 0 amide bonds. The third-order valence-corrected chi connectivity index (χ3v) is 6.42. The standard InChI is InChI=1S/C14H14Br2ClNS/c1-10-18-7-13(19-10)6-14(8-15,9-16)11-3-2-4-12(17)5-11/h2-5,7H,6,8-9H2,1H3. The number of alkyl halides is 2. The first kappa shape index (κ1) is 15.5. The van der Waals surface area contributed by atoms with Crippen molar-refractivity contribution in [2.45, 2.75) is 18.8 Å². The molecule has 1 aromatic heterocycles. The van der Waals surface area contributed by atoms with E-state index in [1.54, 1.807) is 11.3 Å². The Balaban J connectivity index is 2.37. The second-order valence-electron chi connectivity index (χ2n) is 4.58. The molecule has 0 aliphatic rings. The predicted octanol–water partition coefficient (Wildman–Crippen LogP) is 5.38. The molecular weight excluding hydrogens is 409 g/mol. The zero-order chi connectivity index (χ0) is 13.9. The molecule has 1 aromatic carbocycles.